The van der Waals surface area contributed by atoms with Gasteiger partial charge in [-0.15, -0.1) is 0 Å². The predicted octanol–water partition coefficient (Wildman–Crippen LogP) is 5.08. The molecular formula is C25H43NO2. The molecule has 1 heterocycles. The fourth-order valence-electron chi connectivity index (χ4n) is 5.62. The van der Waals surface area contributed by atoms with Gasteiger partial charge < -0.3 is 15.1 Å². The van der Waals surface area contributed by atoms with Crippen molar-refractivity contribution in [2.45, 2.75) is 96.2 Å². The third-order valence-corrected chi connectivity index (χ3v) is 7.36. The Labute approximate surface area is 172 Å². The SMILES string of the molecule is CCCC[C@](C)(O)C/C=C/[C@@H]1[C@H]2CC(CCCCN3CCCC3)=C[C@H]2C[C@H]1O. The Morgan fingerprint density at radius 1 is 1.21 bits per heavy atom. The summed E-state index contributed by atoms with van der Waals surface area (Å²) in [7, 11) is 0. The minimum Gasteiger partial charge on any atom is -0.392 e. The van der Waals surface area contributed by atoms with Gasteiger partial charge in [0.15, 0.2) is 0 Å². The van der Waals surface area contributed by atoms with Crippen LogP contribution in [0.2, 0.25) is 0 Å². The molecule has 0 unspecified atom stereocenters. The van der Waals surface area contributed by atoms with Crippen molar-refractivity contribution in [3.8, 4) is 0 Å². The molecule has 2 fully saturated rings. The number of fused-ring (bicyclic) bond motifs is 1. The van der Waals surface area contributed by atoms with Gasteiger partial charge in [-0.05, 0) is 96.2 Å². The van der Waals surface area contributed by atoms with Gasteiger partial charge >= 0.3 is 0 Å². The zero-order valence-corrected chi connectivity index (χ0v) is 18.3. The highest BCUT2D eigenvalue weighted by molar-refractivity contribution is 5.20. The second kappa shape index (κ2) is 10.4. The third kappa shape index (κ3) is 6.18. The van der Waals surface area contributed by atoms with Gasteiger partial charge in [-0.3, -0.25) is 0 Å². The molecular weight excluding hydrogens is 346 g/mol. The van der Waals surface area contributed by atoms with E-state index in [0.29, 0.717) is 18.3 Å². The van der Waals surface area contributed by atoms with Crippen molar-refractivity contribution in [3.63, 3.8) is 0 Å². The zero-order chi connectivity index (χ0) is 20.0. The van der Waals surface area contributed by atoms with Crippen LogP contribution >= 0.6 is 0 Å². The molecule has 2 N–H and O–H groups in total. The lowest BCUT2D eigenvalue weighted by atomic mass is 9.87. The molecule has 0 spiro atoms. The van der Waals surface area contributed by atoms with Gasteiger partial charge in [0.1, 0.15) is 0 Å². The van der Waals surface area contributed by atoms with Crippen molar-refractivity contribution in [1.82, 2.24) is 4.90 Å². The maximum atomic E-state index is 10.5. The standard InChI is InChI=1S/C25H43NO2/c1-3-4-12-25(2,28)13-9-11-22-23-18-20(17-21(23)19-24(22)27)10-5-6-14-26-15-7-8-16-26/h9,11,17,21-24,27-28H,3-8,10,12-16,18-19H2,1-2H3/b11-9+/t21-,22+,23-,24+,25-/m0/s1. The Morgan fingerprint density at radius 2 is 2.00 bits per heavy atom. The smallest absolute Gasteiger partial charge is 0.0654 e. The summed E-state index contributed by atoms with van der Waals surface area (Å²) in [4.78, 5) is 2.62. The summed E-state index contributed by atoms with van der Waals surface area (Å²) in [6, 6.07) is 0. The maximum absolute atomic E-state index is 10.5. The summed E-state index contributed by atoms with van der Waals surface area (Å²) in [5.74, 6) is 1.42. The van der Waals surface area contributed by atoms with Crippen molar-refractivity contribution < 1.29 is 10.2 Å². The van der Waals surface area contributed by atoms with Crippen molar-refractivity contribution in [2.75, 3.05) is 19.6 Å². The van der Waals surface area contributed by atoms with Crippen molar-refractivity contribution in [3.05, 3.63) is 23.8 Å². The highest BCUT2D eigenvalue weighted by Gasteiger charge is 2.43. The molecule has 3 rings (SSSR count). The van der Waals surface area contributed by atoms with Crippen LogP contribution in [0, 0.1) is 17.8 Å². The van der Waals surface area contributed by atoms with Gasteiger partial charge in [-0.1, -0.05) is 43.6 Å². The Kier molecular flexibility index (Phi) is 8.20. The molecule has 0 aromatic carbocycles. The van der Waals surface area contributed by atoms with Crippen LogP contribution in [0.25, 0.3) is 0 Å². The topological polar surface area (TPSA) is 43.7 Å². The molecule has 3 aliphatic rings. The summed E-state index contributed by atoms with van der Waals surface area (Å²) in [6.07, 6.45) is 19.2. The van der Waals surface area contributed by atoms with Crippen LogP contribution in [-0.4, -0.2) is 46.5 Å². The number of aliphatic hydroxyl groups excluding tert-OH is 1. The van der Waals surface area contributed by atoms with Crippen LogP contribution < -0.4 is 0 Å². The Balaban J connectivity index is 1.41. The summed E-state index contributed by atoms with van der Waals surface area (Å²) < 4.78 is 0. The molecule has 28 heavy (non-hydrogen) atoms. The largest absolute Gasteiger partial charge is 0.392 e. The summed E-state index contributed by atoms with van der Waals surface area (Å²) in [5, 5.41) is 21.0. The van der Waals surface area contributed by atoms with E-state index in [1.807, 2.05) is 6.92 Å². The maximum Gasteiger partial charge on any atom is 0.0654 e. The minimum atomic E-state index is -0.607. The van der Waals surface area contributed by atoms with Crippen LogP contribution in [0.1, 0.15) is 84.5 Å². The lowest BCUT2D eigenvalue weighted by molar-refractivity contribution is 0.0513. The molecule has 0 radical (unpaired) electrons. The zero-order valence-electron chi connectivity index (χ0n) is 18.3. The Hall–Kier alpha value is -0.640. The summed E-state index contributed by atoms with van der Waals surface area (Å²) in [6.45, 7) is 8.01. The molecule has 2 aliphatic carbocycles. The van der Waals surface area contributed by atoms with E-state index >= 15 is 0 Å². The quantitative estimate of drug-likeness (QED) is 0.382. The highest BCUT2D eigenvalue weighted by Crippen LogP contribution is 2.48. The minimum absolute atomic E-state index is 0.209. The summed E-state index contributed by atoms with van der Waals surface area (Å²) in [5.41, 5.74) is 1.03. The van der Waals surface area contributed by atoms with Gasteiger partial charge in [-0.25, -0.2) is 0 Å². The molecule has 3 nitrogen and oxygen atoms in total. The number of rotatable bonds is 11. The molecule has 0 aromatic heterocycles. The van der Waals surface area contributed by atoms with E-state index in [9.17, 15) is 10.2 Å². The number of likely N-dealkylation sites (tertiary alicyclic amines) is 1. The van der Waals surface area contributed by atoms with Crippen LogP contribution in [0.3, 0.4) is 0 Å². The molecule has 5 atom stereocenters. The van der Waals surface area contributed by atoms with Gasteiger partial charge in [0.05, 0.1) is 11.7 Å². The second-order valence-corrected chi connectivity index (χ2v) is 9.98. The van der Waals surface area contributed by atoms with Crippen molar-refractivity contribution in [1.29, 1.82) is 0 Å². The van der Waals surface area contributed by atoms with Gasteiger partial charge in [0.2, 0.25) is 0 Å². The number of hydrogen-bond donors (Lipinski definition) is 2. The van der Waals surface area contributed by atoms with Gasteiger partial charge in [-0.2, -0.15) is 0 Å². The second-order valence-electron chi connectivity index (χ2n) is 9.98. The number of aliphatic hydroxyl groups is 2. The van der Waals surface area contributed by atoms with Crippen LogP contribution in [0.15, 0.2) is 23.8 Å². The average molecular weight is 390 g/mol. The monoisotopic (exact) mass is 389 g/mol. The van der Waals surface area contributed by atoms with Crippen molar-refractivity contribution in [2.24, 2.45) is 17.8 Å². The fraction of sp³-hybridized carbons (Fsp3) is 0.840. The number of hydrogen-bond acceptors (Lipinski definition) is 3. The lowest BCUT2D eigenvalue weighted by Gasteiger charge is -2.22. The Morgan fingerprint density at radius 3 is 2.75 bits per heavy atom. The van der Waals surface area contributed by atoms with Crippen molar-refractivity contribution >= 4 is 0 Å². The fourth-order valence-corrected chi connectivity index (χ4v) is 5.62. The lowest BCUT2D eigenvalue weighted by Crippen LogP contribution is -2.23. The molecule has 1 aliphatic heterocycles. The molecule has 0 bridgehead atoms. The first-order chi connectivity index (χ1) is 13.5. The normalized spacial score (nSPS) is 32.8. The first kappa shape index (κ1) is 22.1. The Bertz CT molecular complexity index is 533. The molecule has 160 valence electrons. The van der Waals surface area contributed by atoms with Gasteiger partial charge in [0, 0.05) is 5.92 Å². The molecule has 0 amide bonds. The first-order valence-corrected chi connectivity index (χ1v) is 12.0. The van der Waals surface area contributed by atoms with E-state index in [1.54, 1.807) is 5.57 Å². The molecule has 1 saturated heterocycles. The van der Waals surface area contributed by atoms with Crippen LogP contribution in [0.4, 0.5) is 0 Å². The molecule has 0 aromatic rings. The van der Waals surface area contributed by atoms with E-state index in [-0.39, 0.29) is 12.0 Å². The van der Waals surface area contributed by atoms with E-state index in [2.05, 4.69) is 30.1 Å². The van der Waals surface area contributed by atoms with E-state index in [0.717, 1.165) is 25.7 Å². The van der Waals surface area contributed by atoms with Gasteiger partial charge in [0.25, 0.3) is 0 Å². The first-order valence-electron chi connectivity index (χ1n) is 12.0. The van der Waals surface area contributed by atoms with Crippen LogP contribution in [-0.2, 0) is 0 Å². The van der Waals surface area contributed by atoms with Crippen LogP contribution in [0.5, 0.6) is 0 Å². The average Bonchev–Trinajstić information content (AvgIpc) is 3.35. The number of allylic oxidation sites excluding steroid dienone is 2. The number of nitrogens with zero attached hydrogens (tertiary/aromatic N) is 1. The molecule has 1 saturated carbocycles. The highest BCUT2D eigenvalue weighted by atomic mass is 16.3. The van der Waals surface area contributed by atoms with E-state index in [4.69, 9.17) is 0 Å². The third-order valence-electron chi connectivity index (χ3n) is 7.36. The summed E-state index contributed by atoms with van der Waals surface area (Å²) >= 11 is 0. The number of unbranched alkanes of at least 4 members (excludes halogenated alkanes) is 2. The predicted molar refractivity (Wildman–Crippen MR) is 117 cm³/mol. The molecule has 3 heteroatoms. The van der Waals surface area contributed by atoms with E-state index < -0.39 is 5.60 Å². The van der Waals surface area contributed by atoms with E-state index in [1.165, 1.54) is 58.2 Å².